The first-order chi connectivity index (χ1) is 6.27. The molecule has 0 spiro atoms. The summed E-state index contributed by atoms with van der Waals surface area (Å²) in [5.74, 6) is 0.701. The first-order valence-electron chi connectivity index (χ1n) is 4.74. The molecule has 3 heteroatoms. The van der Waals surface area contributed by atoms with Crippen molar-refractivity contribution in [3.05, 3.63) is 20.8 Å². The van der Waals surface area contributed by atoms with Gasteiger partial charge in [0, 0.05) is 9.75 Å². The quantitative estimate of drug-likeness (QED) is 0.759. The van der Waals surface area contributed by atoms with Gasteiger partial charge in [0.25, 0.3) is 0 Å². The summed E-state index contributed by atoms with van der Waals surface area (Å²) >= 11 is 8.03. The fourth-order valence-corrected chi connectivity index (χ4v) is 3.44. The monoisotopic (exact) mass is 215 g/mol. The van der Waals surface area contributed by atoms with Crippen LogP contribution in [0.4, 0.5) is 0 Å². The first kappa shape index (κ1) is 9.50. The zero-order chi connectivity index (χ0) is 9.26. The molecular weight excluding hydrogens is 202 g/mol. The van der Waals surface area contributed by atoms with Crippen molar-refractivity contribution < 1.29 is 0 Å². The van der Waals surface area contributed by atoms with Crippen LogP contribution in [0.5, 0.6) is 0 Å². The Kier molecular flexibility index (Phi) is 2.92. The fraction of sp³-hybridized carbons (Fsp3) is 0.600. The summed E-state index contributed by atoms with van der Waals surface area (Å²) in [6.45, 7) is 4.40. The van der Waals surface area contributed by atoms with Crippen molar-refractivity contribution in [3.63, 3.8) is 0 Å². The van der Waals surface area contributed by atoms with Gasteiger partial charge in [-0.1, -0.05) is 11.6 Å². The average Bonchev–Trinajstić information content (AvgIpc) is 2.47. The molecule has 0 aliphatic carbocycles. The van der Waals surface area contributed by atoms with Crippen LogP contribution in [0.2, 0.25) is 5.02 Å². The minimum Gasteiger partial charge on any atom is -0.317 e. The molecule has 13 heavy (non-hydrogen) atoms. The molecule has 1 aliphatic heterocycles. The third-order valence-electron chi connectivity index (χ3n) is 2.55. The van der Waals surface area contributed by atoms with Crippen LogP contribution in [-0.2, 0) is 0 Å². The smallest absolute Gasteiger partial charge is 0.0550 e. The van der Waals surface area contributed by atoms with Crippen LogP contribution in [0.25, 0.3) is 0 Å². The van der Waals surface area contributed by atoms with Gasteiger partial charge in [0.05, 0.1) is 5.02 Å². The SMILES string of the molecule is Cc1cc(Cl)c(C2CCNCC2)s1. The Hall–Kier alpha value is -0.0500. The minimum absolute atomic E-state index is 0.701. The lowest BCUT2D eigenvalue weighted by molar-refractivity contribution is 0.465. The Morgan fingerprint density at radius 1 is 1.46 bits per heavy atom. The molecule has 0 unspecified atom stereocenters. The molecule has 72 valence electrons. The lowest BCUT2D eigenvalue weighted by Gasteiger charge is -2.21. The molecule has 1 saturated heterocycles. The Morgan fingerprint density at radius 2 is 2.15 bits per heavy atom. The molecule has 1 fully saturated rings. The molecule has 1 aliphatic rings. The standard InChI is InChI=1S/C10H14ClNS/c1-7-6-9(11)10(13-7)8-2-4-12-5-3-8/h6,8,12H,2-5H2,1H3. The highest BCUT2D eigenvalue weighted by molar-refractivity contribution is 7.12. The van der Waals surface area contributed by atoms with E-state index in [1.165, 1.54) is 22.6 Å². The van der Waals surface area contributed by atoms with E-state index in [1.807, 2.05) is 11.3 Å². The Labute approximate surface area is 88.1 Å². The van der Waals surface area contributed by atoms with Crippen LogP contribution in [0.3, 0.4) is 0 Å². The van der Waals surface area contributed by atoms with Crippen molar-refractivity contribution in [2.45, 2.75) is 25.7 Å². The van der Waals surface area contributed by atoms with Crippen molar-refractivity contribution in [3.8, 4) is 0 Å². The number of thiophene rings is 1. The number of nitrogens with one attached hydrogen (secondary N) is 1. The van der Waals surface area contributed by atoms with Gasteiger partial charge in [-0.25, -0.2) is 0 Å². The van der Waals surface area contributed by atoms with Crippen LogP contribution in [0.1, 0.15) is 28.5 Å². The topological polar surface area (TPSA) is 12.0 Å². The minimum atomic E-state index is 0.701. The molecule has 2 rings (SSSR count). The number of halogens is 1. The van der Waals surface area contributed by atoms with Crippen LogP contribution in [-0.4, -0.2) is 13.1 Å². The molecule has 0 radical (unpaired) electrons. The maximum absolute atomic E-state index is 6.17. The molecule has 1 aromatic rings. The van der Waals surface area contributed by atoms with E-state index in [2.05, 4.69) is 18.3 Å². The number of aryl methyl sites for hydroxylation is 1. The summed E-state index contributed by atoms with van der Waals surface area (Å²) in [5.41, 5.74) is 0. The lowest BCUT2D eigenvalue weighted by Crippen LogP contribution is -2.26. The second kappa shape index (κ2) is 3.99. The van der Waals surface area contributed by atoms with E-state index in [0.29, 0.717) is 5.92 Å². The first-order valence-corrected chi connectivity index (χ1v) is 5.93. The zero-order valence-electron chi connectivity index (χ0n) is 7.77. The Balaban J connectivity index is 2.18. The highest BCUT2D eigenvalue weighted by Crippen LogP contribution is 2.37. The fourth-order valence-electron chi connectivity index (χ4n) is 1.86. The molecule has 2 heterocycles. The molecule has 1 nitrogen and oxygen atoms in total. The molecule has 0 saturated carbocycles. The van der Waals surface area contributed by atoms with Gasteiger partial charge in [-0.15, -0.1) is 11.3 Å². The van der Waals surface area contributed by atoms with Crippen LogP contribution < -0.4 is 5.32 Å². The van der Waals surface area contributed by atoms with Crippen LogP contribution in [0, 0.1) is 6.92 Å². The summed E-state index contributed by atoms with van der Waals surface area (Å²) in [6, 6.07) is 2.09. The molecule has 1 N–H and O–H groups in total. The third-order valence-corrected chi connectivity index (χ3v) is 4.18. The van der Waals surface area contributed by atoms with Gasteiger partial charge >= 0.3 is 0 Å². The maximum atomic E-state index is 6.17. The highest BCUT2D eigenvalue weighted by atomic mass is 35.5. The zero-order valence-corrected chi connectivity index (χ0v) is 9.34. The van der Waals surface area contributed by atoms with E-state index in [4.69, 9.17) is 11.6 Å². The summed E-state index contributed by atoms with van der Waals surface area (Å²) in [5, 5.41) is 4.35. The van der Waals surface area contributed by atoms with E-state index in [1.54, 1.807) is 0 Å². The normalized spacial score (nSPS) is 19.2. The number of hydrogen-bond acceptors (Lipinski definition) is 2. The van der Waals surface area contributed by atoms with Gasteiger partial charge in [0.15, 0.2) is 0 Å². The van der Waals surface area contributed by atoms with Crippen molar-refractivity contribution in [1.29, 1.82) is 0 Å². The van der Waals surface area contributed by atoms with Crippen molar-refractivity contribution >= 4 is 22.9 Å². The highest BCUT2D eigenvalue weighted by Gasteiger charge is 2.19. The molecule has 0 atom stereocenters. The second-order valence-electron chi connectivity index (χ2n) is 3.59. The van der Waals surface area contributed by atoms with Crippen LogP contribution >= 0.6 is 22.9 Å². The van der Waals surface area contributed by atoms with Gasteiger partial charge < -0.3 is 5.32 Å². The Morgan fingerprint density at radius 3 is 2.69 bits per heavy atom. The predicted molar refractivity (Wildman–Crippen MR) is 58.9 cm³/mol. The molecule has 0 amide bonds. The van der Waals surface area contributed by atoms with Crippen LogP contribution in [0.15, 0.2) is 6.07 Å². The third kappa shape index (κ3) is 2.06. The van der Waals surface area contributed by atoms with Gasteiger partial charge in [-0.05, 0) is 44.8 Å². The Bertz CT molecular complexity index is 289. The van der Waals surface area contributed by atoms with Gasteiger partial charge in [0.1, 0.15) is 0 Å². The number of rotatable bonds is 1. The largest absolute Gasteiger partial charge is 0.317 e. The molecule has 0 bridgehead atoms. The molecular formula is C10H14ClNS. The van der Waals surface area contributed by atoms with E-state index < -0.39 is 0 Å². The van der Waals surface area contributed by atoms with Crippen molar-refractivity contribution in [2.24, 2.45) is 0 Å². The van der Waals surface area contributed by atoms with E-state index in [0.717, 1.165) is 18.1 Å². The van der Waals surface area contributed by atoms with Crippen molar-refractivity contribution in [2.75, 3.05) is 13.1 Å². The van der Waals surface area contributed by atoms with E-state index >= 15 is 0 Å². The second-order valence-corrected chi connectivity index (χ2v) is 5.29. The lowest BCUT2D eigenvalue weighted by atomic mass is 9.96. The molecule has 1 aromatic heterocycles. The predicted octanol–water partition coefficient (Wildman–Crippen LogP) is 3.18. The summed E-state index contributed by atoms with van der Waals surface area (Å²) < 4.78 is 0. The summed E-state index contributed by atoms with van der Waals surface area (Å²) in [4.78, 5) is 2.74. The van der Waals surface area contributed by atoms with Crippen molar-refractivity contribution in [1.82, 2.24) is 5.32 Å². The van der Waals surface area contributed by atoms with E-state index in [-0.39, 0.29) is 0 Å². The maximum Gasteiger partial charge on any atom is 0.0550 e. The van der Waals surface area contributed by atoms with E-state index in [9.17, 15) is 0 Å². The summed E-state index contributed by atoms with van der Waals surface area (Å²) in [6.07, 6.45) is 2.47. The average molecular weight is 216 g/mol. The number of hydrogen-bond donors (Lipinski definition) is 1. The summed E-state index contributed by atoms with van der Waals surface area (Å²) in [7, 11) is 0. The van der Waals surface area contributed by atoms with Gasteiger partial charge in [-0.2, -0.15) is 0 Å². The number of piperidine rings is 1. The van der Waals surface area contributed by atoms with Gasteiger partial charge in [0.2, 0.25) is 0 Å². The van der Waals surface area contributed by atoms with Gasteiger partial charge in [-0.3, -0.25) is 0 Å². The molecule has 0 aromatic carbocycles.